The third kappa shape index (κ3) is 6.83. The second-order valence-corrected chi connectivity index (χ2v) is 10.2. The van der Waals surface area contributed by atoms with Crippen LogP contribution in [0.5, 0.6) is 17.4 Å². The van der Waals surface area contributed by atoms with E-state index in [1.54, 1.807) is 46.1 Å². The Morgan fingerprint density at radius 2 is 1.70 bits per heavy atom. The first kappa shape index (κ1) is 24.3. The Balaban J connectivity index is 1.85. The Morgan fingerprint density at radius 1 is 0.970 bits per heavy atom. The molecular weight excluding hydrogens is 485 g/mol. The van der Waals surface area contributed by atoms with Crippen molar-refractivity contribution < 1.29 is 28.5 Å². The summed E-state index contributed by atoms with van der Waals surface area (Å²) in [5.41, 5.74) is 0.855. The normalized spacial score (nSPS) is 12.1. The van der Waals surface area contributed by atoms with Crippen LogP contribution in [0, 0.1) is 0 Å². The van der Waals surface area contributed by atoms with Gasteiger partial charge in [-0.05, 0) is 0 Å². The van der Waals surface area contributed by atoms with Gasteiger partial charge < -0.3 is 0 Å². The van der Waals surface area contributed by atoms with Gasteiger partial charge in [-0.25, -0.2) is 0 Å². The number of nitrogens with zero attached hydrogens (tertiary/aromatic N) is 1. The number of benzene rings is 2. The fourth-order valence-electron chi connectivity index (χ4n) is 2.87. The molecule has 3 rings (SSSR count). The Morgan fingerprint density at radius 3 is 2.36 bits per heavy atom. The molecule has 0 atom stereocenters. The molecule has 1 radical (unpaired) electrons. The number of hydrogen-bond donors (Lipinski definition) is 0. The summed E-state index contributed by atoms with van der Waals surface area (Å²) < 4.78 is 21.3. The Labute approximate surface area is 199 Å². The van der Waals surface area contributed by atoms with E-state index < -0.39 is 32.1 Å². The van der Waals surface area contributed by atoms with Crippen LogP contribution in [-0.4, -0.2) is 51.3 Å². The minimum atomic E-state index is -1.18. The van der Waals surface area contributed by atoms with Crippen molar-refractivity contribution in [1.82, 2.24) is 4.98 Å². The molecule has 0 amide bonds. The van der Waals surface area contributed by atoms with Crippen molar-refractivity contribution in [3.63, 3.8) is 0 Å². The topological polar surface area (TPSA) is 84.0 Å². The van der Waals surface area contributed by atoms with Crippen molar-refractivity contribution in [3.05, 3.63) is 64.5 Å². The Bertz CT molecular complexity index is 1200. The van der Waals surface area contributed by atoms with Crippen LogP contribution in [0.15, 0.2) is 59.0 Å². The summed E-state index contributed by atoms with van der Waals surface area (Å²) in [6.45, 7) is 5.36. The molecule has 0 aliphatic heterocycles. The molecule has 33 heavy (non-hydrogen) atoms. The quantitative estimate of drug-likeness (QED) is 0.246. The van der Waals surface area contributed by atoms with E-state index in [0.717, 1.165) is 16.5 Å². The van der Waals surface area contributed by atoms with Crippen LogP contribution >= 0.6 is 0 Å². The molecule has 2 aromatic carbocycles. The maximum atomic E-state index is 12.3. The van der Waals surface area contributed by atoms with E-state index in [-0.39, 0.29) is 0 Å². The summed E-state index contributed by atoms with van der Waals surface area (Å²) in [5.74, 6) is 1.07. The molecule has 0 bridgehead atoms. The van der Waals surface area contributed by atoms with Crippen molar-refractivity contribution in [2.75, 3.05) is 14.2 Å². The molecule has 0 unspecified atom stereocenters. The van der Waals surface area contributed by atoms with Crippen LogP contribution < -0.4 is 9.47 Å². The van der Waals surface area contributed by atoms with E-state index in [0.29, 0.717) is 21.7 Å². The van der Waals surface area contributed by atoms with E-state index in [1.165, 1.54) is 7.11 Å². The van der Waals surface area contributed by atoms with E-state index in [1.807, 2.05) is 42.5 Å². The van der Waals surface area contributed by atoms with E-state index in [4.69, 9.17) is 18.9 Å². The predicted octanol–water partition coefficient (Wildman–Crippen LogP) is 5.19. The van der Waals surface area contributed by atoms with Gasteiger partial charge in [0.1, 0.15) is 0 Å². The van der Waals surface area contributed by atoms with Crippen LogP contribution in [-0.2, 0) is 14.3 Å². The predicted molar refractivity (Wildman–Crippen MR) is 127 cm³/mol. The molecule has 0 aliphatic rings. The number of aromatic nitrogens is 1. The van der Waals surface area contributed by atoms with Gasteiger partial charge in [0.05, 0.1) is 7.11 Å². The van der Waals surface area contributed by atoms with E-state index >= 15 is 0 Å². The summed E-state index contributed by atoms with van der Waals surface area (Å²) >= 11 is -1.18. The standard InChI is InChI=1S/C25H25AsNO6/c1-25(2,3)33-24(29)26-18(23(28)31-5)15-16-10-12-19-17(14-16)11-13-22(27-19)32-21-9-7-6-8-20(21)30-4/h6-15H,1-5H3. The summed E-state index contributed by atoms with van der Waals surface area (Å²) in [7, 11) is 2.87. The second-order valence-electron chi connectivity index (χ2n) is 7.97. The monoisotopic (exact) mass is 510 g/mol. The van der Waals surface area contributed by atoms with Gasteiger partial charge in [0, 0.05) is 0 Å². The summed E-state index contributed by atoms with van der Waals surface area (Å²) in [4.78, 5) is 29.0. The summed E-state index contributed by atoms with van der Waals surface area (Å²) in [6, 6.07) is 16.5. The van der Waals surface area contributed by atoms with Gasteiger partial charge in [-0.1, -0.05) is 6.07 Å². The number of hydrogen-bond acceptors (Lipinski definition) is 7. The van der Waals surface area contributed by atoms with Crippen molar-refractivity contribution >= 4 is 43.5 Å². The van der Waals surface area contributed by atoms with Gasteiger partial charge in [0.15, 0.2) is 0 Å². The zero-order valence-electron chi connectivity index (χ0n) is 19.1. The first-order valence-electron chi connectivity index (χ1n) is 10.1. The molecule has 0 saturated carbocycles. The molecule has 0 spiro atoms. The van der Waals surface area contributed by atoms with Gasteiger partial charge in [-0.3, -0.25) is 0 Å². The van der Waals surface area contributed by atoms with Gasteiger partial charge in [0.25, 0.3) is 0 Å². The van der Waals surface area contributed by atoms with Crippen molar-refractivity contribution in [1.29, 1.82) is 0 Å². The minimum absolute atomic E-state index is 0.298. The van der Waals surface area contributed by atoms with Crippen molar-refractivity contribution in [2.24, 2.45) is 0 Å². The van der Waals surface area contributed by atoms with Crippen LogP contribution in [0.3, 0.4) is 0 Å². The van der Waals surface area contributed by atoms with Crippen LogP contribution in [0.25, 0.3) is 17.0 Å². The molecule has 3 aromatic rings. The molecule has 0 fully saturated rings. The summed E-state index contributed by atoms with van der Waals surface area (Å²) in [6.07, 6.45) is 1.66. The number of carbonyl (C=O) groups excluding carboxylic acids is 2. The van der Waals surface area contributed by atoms with Gasteiger partial charge >= 0.3 is 186 Å². The zero-order chi connectivity index (χ0) is 24.0. The first-order chi connectivity index (χ1) is 15.7. The molecule has 1 heterocycles. The third-order valence-electron chi connectivity index (χ3n) is 4.27. The molecule has 8 heteroatoms. The molecule has 0 aliphatic carbocycles. The number of fused-ring (bicyclic) bond motifs is 1. The first-order valence-corrected chi connectivity index (χ1v) is 12.0. The average molecular weight is 510 g/mol. The molecule has 0 saturated heterocycles. The number of rotatable bonds is 7. The zero-order valence-corrected chi connectivity index (χ0v) is 21.0. The van der Waals surface area contributed by atoms with Crippen LogP contribution in [0.1, 0.15) is 26.3 Å². The Kier molecular flexibility index (Phi) is 7.77. The third-order valence-corrected chi connectivity index (χ3v) is 6.01. The van der Waals surface area contributed by atoms with Gasteiger partial charge in [-0.15, -0.1) is 0 Å². The van der Waals surface area contributed by atoms with Crippen molar-refractivity contribution in [2.45, 2.75) is 26.4 Å². The summed E-state index contributed by atoms with van der Waals surface area (Å²) in [5, 5.41) is 0.855. The molecule has 1 aromatic heterocycles. The number of carbonyl (C=O) groups is 2. The average Bonchev–Trinajstić information content (AvgIpc) is 2.77. The van der Waals surface area contributed by atoms with Gasteiger partial charge in [-0.2, -0.15) is 0 Å². The number of para-hydroxylation sites is 2. The molecular formula is C25H25AsNO6. The van der Waals surface area contributed by atoms with Crippen molar-refractivity contribution in [3.8, 4) is 17.4 Å². The molecule has 171 valence electrons. The Hall–Kier alpha value is -3.31. The number of pyridine rings is 1. The number of ether oxygens (including phenoxy) is 4. The van der Waals surface area contributed by atoms with E-state index in [9.17, 15) is 9.59 Å². The van der Waals surface area contributed by atoms with Crippen LogP contribution in [0.4, 0.5) is 4.79 Å². The maximum absolute atomic E-state index is 12.3. The van der Waals surface area contributed by atoms with E-state index in [2.05, 4.69) is 4.98 Å². The number of methoxy groups -OCH3 is 2. The number of esters is 1. The van der Waals surface area contributed by atoms with Gasteiger partial charge in [0.2, 0.25) is 0 Å². The fourth-order valence-corrected chi connectivity index (χ4v) is 4.78. The van der Waals surface area contributed by atoms with Crippen LogP contribution in [0.2, 0.25) is 0 Å². The fraction of sp³-hybridized carbons (Fsp3) is 0.240. The SMILES string of the molecule is COC(=O)C(=Cc1ccc2nc(Oc3ccccc3OC)ccc2c1)[As]C(=O)OC(C)(C)C. The molecule has 7 nitrogen and oxygen atoms in total. The second kappa shape index (κ2) is 10.5. The molecule has 0 N–H and O–H groups in total.